The van der Waals surface area contributed by atoms with Gasteiger partial charge in [-0.15, -0.1) is 0 Å². The number of unbranched alkanes of at least 4 members (excludes halogenated alkanes) is 10. The van der Waals surface area contributed by atoms with Crippen LogP contribution < -0.4 is 47.9 Å². The summed E-state index contributed by atoms with van der Waals surface area (Å²) in [6.07, 6.45) is -1.51. The zero-order valence-electron chi connectivity index (χ0n) is 59.9. The van der Waals surface area contributed by atoms with Crippen LogP contribution in [0.5, 0.6) is 0 Å². The number of rotatable bonds is 63. The number of aliphatic hydroxyl groups excluding tert-OH is 9. The number of amides is 9. The number of ether oxygens (including phenoxy) is 6. The first kappa shape index (κ1) is 93.6. The van der Waals surface area contributed by atoms with Gasteiger partial charge in [-0.3, -0.25) is 43.2 Å². The zero-order chi connectivity index (χ0) is 74.5. The average Bonchev–Trinajstić information content (AvgIpc) is 1.11. The number of hydrogen-bond acceptors (Lipinski definition) is 24. The van der Waals surface area contributed by atoms with Crippen molar-refractivity contribution in [2.24, 2.45) is 0 Å². The fourth-order valence-corrected chi connectivity index (χ4v) is 9.84. The van der Waals surface area contributed by atoms with Crippen molar-refractivity contribution in [2.45, 2.75) is 288 Å². The lowest BCUT2D eigenvalue weighted by Gasteiger charge is -2.30. The molecule has 0 fully saturated rings. The van der Waals surface area contributed by atoms with E-state index in [0.717, 1.165) is 0 Å². The number of hydrogen-bond donors (Lipinski definition) is 18. The summed E-state index contributed by atoms with van der Waals surface area (Å²) in [5.74, 6) is -3.47. The van der Waals surface area contributed by atoms with Gasteiger partial charge >= 0.3 is 0 Å². The first-order chi connectivity index (χ1) is 47.2. The monoisotopic (exact) mass is 1430 g/mol. The Labute approximate surface area is 584 Å². The Morgan fingerprint density at radius 1 is 0.323 bits per heavy atom. The highest BCUT2D eigenvalue weighted by Crippen LogP contribution is 2.16. The predicted octanol–water partition coefficient (Wildman–Crippen LogP) is -1.79. The first-order valence-electron chi connectivity index (χ1n) is 35.2. The van der Waals surface area contributed by atoms with Gasteiger partial charge in [-0.05, 0) is 125 Å². The van der Waals surface area contributed by atoms with Crippen LogP contribution in [-0.4, -0.2) is 270 Å². The highest BCUT2D eigenvalue weighted by Gasteiger charge is 2.32. The Hall–Kier alpha value is -5.37. The molecule has 0 aromatic rings. The minimum atomic E-state index is -1.24. The standard InChI is InChI=1S/C66H125N9O24/c1-43(2)70-60(90)29-13-9-19-33-69-62(92)50(25-17-20-31-67-58(88)27-14-10-22-34-94-64(52(37-76)71-47(6)85)97-55(40-79)44(3)82)75-63(93)51(74-61(91)30-16-12-24-36-96-66(54(39-78)73-49(8)87)99-57(42-81)46(5)84)26-18-21-32-68-59(89)28-15-11-23-35-95-65(53(38-77)72-48(7)86)98-56(41-80)45(4)83/h43-46,50-57,64-66,76-84H,9-42H2,1-8H3,(H,67,88)(H,68,89)(H,69,92)(H,70,90)(H,71,85)(H,72,86)(H,73,87)(H,74,91)(H,75,93)/t44-,45-,46-,50?,51?,52+,53+,54+,55?,56?,57?,64?,65?,66?/m1/s1. The van der Waals surface area contributed by atoms with E-state index in [1.165, 1.54) is 41.5 Å². The zero-order valence-corrected chi connectivity index (χ0v) is 59.9. The summed E-state index contributed by atoms with van der Waals surface area (Å²) in [6.45, 7) is 9.45. The lowest BCUT2D eigenvalue weighted by atomic mass is 10.0. The summed E-state index contributed by atoms with van der Waals surface area (Å²) in [6, 6.07) is -5.15. The van der Waals surface area contributed by atoms with Gasteiger partial charge in [0, 0.05) is 92.0 Å². The second-order valence-electron chi connectivity index (χ2n) is 25.1. The third-order valence-corrected chi connectivity index (χ3v) is 15.4. The Kier molecular flexibility index (Phi) is 55.0. The van der Waals surface area contributed by atoms with Crippen molar-refractivity contribution in [1.82, 2.24) is 47.9 Å². The van der Waals surface area contributed by atoms with Crippen molar-refractivity contribution in [1.29, 1.82) is 0 Å². The quantitative estimate of drug-likeness (QED) is 0.0236. The van der Waals surface area contributed by atoms with Crippen LogP contribution in [0.3, 0.4) is 0 Å². The van der Waals surface area contributed by atoms with E-state index in [-0.39, 0.29) is 95.3 Å². The van der Waals surface area contributed by atoms with E-state index < -0.39 is 161 Å². The van der Waals surface area contributed by atoms with Crippen LogP contribution in [-0.2, 0) is 71.6 Å². The molecular formula is C66H125N9O24. The molecule has 578 valence electrons. The molecule has 9 amide bonds. The Morgan fingerprint density at radius 2 is 0.626 bits per heavy atom. The van der Waals surface area contributed by atoms with Crippen LogP contribution in [0.15, 0.2) is 0 Å². The fourth-order valence-electron chi connectivity index (χ4n) is 9.84. The molecule has 18 N–H and O–H groups in total. The van der Waals surface area contributed by atoms with E-state index in [9.17, 15) is 89.1 Å². The Bertz CT molecular complexity index is 2210. The topological polar surface area (TPSA) is 499 Å². The highest BCUT2D eigenvalue weighted by molar-refractivity contribution is 5.92. The van der Waals surface area contributed by atoms with E-state index >= 15 is 0 Å². The van der Waals surface area contributed by atoms with Gasteiger partial charge in [0.2, 0.25) is 53.2 Å². The van der Waals surface area contributed by atoms with Gasteiger partial charge in [-0.2, -0.15) is 0 Å². The summed E-state index contributed by atoms with van der Waals surface area (Å²) >= 11 is 0. The van der Waals surface area contributed by atoms with Crippen LogP contribution in [0.4, 0.5) is 0 Å². The van der Waals surface area contributed by atoms with Crippen LogP contribution in [0.25, 0.3) is 0 Å². The molecule has 33 heteroatoms. The largest absolute Gasteiger partial charge is 0.394 e. The lowest BCUT2D eigenvalue weighted by Crippen LogP contribution is -2.53. The molecule has 0 aromatic heterocycles. The minimum absolute atomic E-state index is 0.000793. The summed E-state index contributed by atoms with van der Waals surface area (Å²) in [4.78, 5) is 115. The maximum Gasteiger partial charge on any atom is 0.243 e. The number of carbonyl (C=O) groups excluding carboxylic acids is 9. The van der Waals surface area contributed by atoms with Gasteiger partial charge in [-0.25, -0.2) is 0 Å². The van der Waals surface area contributed by atoms with Crippen LogP contribution in [0.1, 0.15) is 197 Å². The molecule has 0 saturated heterocycles. The van der Waals surface area contributed by atoms with E-state index in [2.05, 4.69) is 47.9 Å². The van der Waals surface area contributed by atoms with Crippen molar-refractivity contribution in [3.63, 3.8) is 0 Å². The average molecular weight is 1430 g/mol. The number of carbonyl (C=O) groups is 9. The van der Waals surface area contributed by atoms with Crippen molar-refractivity contribution in [3.05, 3.63) is 0 Å². The molecule has 0 aliphatic rings. The minimum Gasteiger partial charge on any atom is -0.394 e. The van der Waals surface area contributed by atoms with E-state index in [0.29, 0.717) is 109 Å². The smallest absolute Gasteiger partial charge is 0.243 e. The molecule has 0 bridgehead atoms. The Morgan fingerprint density at radius 3 is 0.939 bits per heavy atom. The molecule has 0 aromatic carbocycles. The molecule has 0 rings (SSSR count). The third-order valence-electron chi connectivity index (χ3n) is 15.4. The van der Waals surface area contributed by atoms with Crippen LogP contribution in [0, 0.1) is 0 Å². The van der Waals surface area contributed by atoms with Crippen molar-refractivity contribution in [3.8, 4) is 0 Å². The molecule has 0 heterocycles. The summed E-state index contributed by atoms with van der Waals surface area (Å²) in [5, 5.41) is 114. The van der Waals surface area contributed by atoms with Gasteiger partial charge in [0.25, 0.3) is 0 Å². The predicted molar refractivity (Wildman–Crippen MR) is 362 cm³/mol. The van der Waals surface area contributed by atoms with Crippen LogP contribution in [0.2, 0.25) is 0 Å². The van der Waals surface area contributed by atoms with E-state index in [1.54, 1.807) is 0 Å². The molecule has 99 heavy (non-hydrogen) atoms. The van der Waals surface area contributed by atoms with Crippen molar-refractivity contribution in [2.75, 3.05) is 79.1 Å². The SMILES string of the molecule is CC(=O)N[C@@H](CO)C(OCCCCCC(=O)NCCCCC(NC(=O)CCCCCOC(OC(CO)[C@@H](C)O)[C@H](CO)NC(C)=O)C(=O)NC(CCCCNC(=O)CCCCCOC(OC(CO)[C@@H](C)O)[C@H](CO)NC(C)=O)C(=O)NCCCCCC(=O)NC(C)C)OC(CO)[C@@H](C)O. The van der Waals surface area contributed by atoms with Crippen LogP contribution >= 0.6 is 0 Å². The second-order valence-corrected chi connectivity index (χ2v) is 25.1. The summed E-state index contributed by atoms with van der Waals surface area (Å²) in [7, 11) is 0. The van der Waals surface area contributed by atoms with E-state index in [1.807, 2.05) is 13.8 Å². The van der Waals surface area contributed by atoms with Crippen molar-refractivity contribution < 1.29 is 118 Å². The molecule has 0 spiro atoms. The first-order valence-corrected chi connectivity index (χ1v) is 35.2. The Balaban J connectivity index is 6.11. The maximum atomic E-state index is 14.3. The van der Waals surface area contributed by atoms with Gasteiger partial charge in [-0.1, -0.05) is 25.7 Å². The third kappa shape index (κ3) is 47.4. The fraction of sp³-hybridized carbons (Fsp3) is 0.864. The van der Waals surface area contributed by atoms with Gasteiger partial charge < -0.3 is 122 Å². The maximum absolute atomic E-state index is 14.3. The van der Waals surface area contributed by atoms with E-state index in [4.69, 9.17) is 28.4 Å². The molecule has 0 aliphatic heterocycles. The number of aliphatic hydroxyl groups is 9. The van der Waals surface area contributed by atoms with Crippen molar-refractivity contribution >= 4 is 53.2 Å². The second kappa shape index (κ2) is 58.2. The molecule has 0 aliphatic carbocycles. The molecular weight excluding hydrogens is 1300 g/mol. The van der Waals surface area contributed by atoms with Gasteiger partial charge in [0.05, 0.1) is 58.0 Å². The lowest BCUT2D eigenvalue weighted by molar-refractivity contribution is -0.214. The number of nitrogens with one attached hydrogen (secondary N) is 9. The molecule has 14 atom stereocenters. The highest BCUT2D eigenvalue weighted by atomic mass is 16.7. The van der Waals surface area contributed by atoms with Gasteiger partial charge in [0.1, 0.15) is 48.5 Å². The summed E-state index contributed by atoms with van der Waals surface area (Å²) in [5.41, 5.74) is 0. The normalized spacial score (nSPS) is 15.8. The summed E-state index contributed by atoms with van der Waals surface area (Å²) < 4.78 is 34.5. The van der Waals surface area contributed by atoms with Gasteiger partial charge in [0.15, 0.2) is 18.9 Å². The molecule has 0 radical (unpaired) electrons. The molecule has 33 nitrogen and oxygen atoms in total. The molecule has 8 unspecified atom stereocenters. The molecule has 0 saturated carbocycles.